The molecule has 0 amide bonds. The number of hydrogen-bond donors (Lipinski definition) is 1. The fourth-order valence-electron chi connectivity index (χ4n) is 7.83. The highest BCUT2D eigenvalue weighted by Crippen LogP contribution is 2.65. The number of esters is 2. The fraction of sp³-hybridized carbons (Fsp3) is 0.688. The second kappa shape index (κ2) is 12.1. The third-order valence-electron chi connectivity index (χ3n) is 9.82. The van der Waals surface area contributed by atoms with Crippen molar-refractivity contribution < 1.29 is 48.0 Å². The summed E-state index contributed by atoms with van der Waals surface area (Å²) in [6.45, 7) is 4.64. The highest BCUT2D eigenvalue weighted by Gasteiger charge is 2.78. The third-order valence-corrected chi connectivity index (χ3v) is 9.82. The second-order valence-electron chi connectivity index (χ2n) is 12.0. The normalized spacial score (nSPS) is 36.6. The summed E-state index contributed by atoms with van der Waals surface area (Å²) in [5.41, 5.74) is -2.12. The molecule has 0 aromatic carbocycles. The van der Waals surface area contributed by atoms with E-state index >= 15 is 0 Å². The number of carbonyl (C=O) groups is 4. The van der Waals surface area contributed by atoms with Crippen molar-refractivity contribution in [3.8, 4) is 0 Å². The quantitative estimate of drug-likeness (QED) is 0.153. The molecule has 3 heterocycles. The van der Waals surface area contributed by atoms with Crippen LogP contribution in [0.5, 0.6) is 0 Å². The van der Waals surface area contributed by atoms with Gasteiger partial charge in [0.05, 0.1) is 26.2 Å². The van der Waals surface area contributed by atoms with Crippen LogP contribution < -0.4 is 0 Å². The lowest BCUT2D eigenvalue weighted by atomic mass is 9.60. The summed E-state index contributed by atoms with van der Waals surface area (Å²) in [7, 11) is 1.15. The van der Waals surface area contributed by atoms with Gasteiger partial charge in [0.1, 0.15) is 12.0 Å². The van der Waals surface area contributed by atoms with Crippen molar-refractivity contribution in [2.75, 3.05) is 20.3 Å². The molecule has 10 heteroatoms. The monoisotopic (exact) mass is 586 g/mol. The number of unbranched alkanes of at least 4 members (excludes halogenated alkanes) is 3. The first-order valence-electron chi connectivity index (χ1n) is 15.2. The molecule has 1 N–H and O–H groups in total. The molecule has 2 aliphatic carbocycles. The van der Waals surface area contributed by atoms with E-state index in [9.17, 15) is 24.3 Å². The number of aliphatic carboxylic acids is 1. The maximum absolute atomic E-state index is 14.3. The molecule has 5 bridgehead atoms. The SMILES string of the molecule is C/C=C/CCCCC[C@@H]1C=C2[C@]3(C(=O)O)CC(C(=O)OC)C(=O)[C@@H]4[C@@H]1C[C@H](C1(CC/C=C/C)OCCO1)O[C@@]24OC3=O. The predicted molar refractivity (Wildman–Crippen MR) is 149 cm³/mol. The Hall–Kier alpha value is -2.82. The van der Waals surface area contributed by atoms with Crippen molar-refractivity contribution in [1.29, 1.82) is 0 Å². The van der Waals surface area contributed by atoms with E-state index in [1.165, 1.54) is 0 Å². The first-order valence-corrected chi connectivity index (χ1v) is 15.2. The molecule has 1 spiro atoms. The van der Waals surface area contributed by atoms with Crippen LogP contribution in [0.15, 0.2) is 36.0 Å². The molecule has 5 aliphatic rings. The van der Waals surface area contributed by atoms with Gasteiger partial charge in [0.15, 0.2) is 17.0 Å². The summed E-state index contributed by atoms with van der Waals surface area (Å²) >= 11 is 0. The van der Waals surface area contributed by atoms with Crippen LogP contribution in [-0.4, -0.2) is 66.8 Å². The van der Waals surface area contributed by atoms with Gasteiger partial charge in [-0.2, -0.15) is 0 Å². The molecular weight excluding hydrogens is 544 g/mol. The van der Waals surface area contributed by atoms with Crippen molar-refractivity contribution >= 4 is 23.7 Å². The Morgan fingerprint density at radius 3 is 2.45 bits per heavy atom. The standard InChI is InChI=1S/C32H42O10/c1-4-6-8-9-10-11-13-20-17-23-30(28(35)36)19-22(27(34)38-3)26(33)25-21(20)18-24(41-32(23,25)42-29(30)37)31(14-12-7-5-2)39-15-16-40-31/h4-7,17,20-22,24-25H,8-16,18-19H2,1-3H3,(H,35,36)/b6-4+,7-5+/t20-,21-,22?,24-,25+,30+,32-/m1/s1. The molecule has 0 radical (unpaired) electrons. The zero-order valence-electron chi connectivity index (χ0n) is 24.7. The number of carbonyl (C=O) groups excluding carboxylic acids is 3. The van der Waals surface area contributed by atoms with Gasteiger partial charge < -0.3 is 28.8 Å². The first-order chi connectivity index (χ1) is 20.2. The molecule has 42 heavy (non-hydrogen) atoms. The van der Waals surface area contributed by atoms with Crippen LogP contribution in [0, 0.1) is 29.1 Å². The van der Waals surface area contributed by atoms with E-state index < -0.39 is 65.0 Å². The van der Waals surface area contributed by atoms with E-state index in [-0.39, 0.29) is 17.4 Å². The van der Waals surface area contributed by atoms with E-state index in [0.717, 1.165) is 32.8 Å². The highest BCUT2D eigenvalue weighted by atomic mass is 16.8. The maximum atomic E-state index is 14.3. The van der Waals surface area contributed by atoms with Gasteiger partial charge >= 0.3 is 17.9 Å². The Bertz CT molecular complexity index is 1180. The van der Waals surface area contributed by atoms with Crippen molar-refractivity contribution in [3.63, 3.8) is 0 Å². The summed E-state index contributed by atoms with van der Waals surface area (Å²) in [4.78, 5) is 53.9. The summed E-state index contributed by atoms with van der Waals surface area (Å²) in [5.74, 6) is -10.0. The molecule has 3 saturated heterocycles. The van der Waals surface area contributed by atoms with Crippen LogP contribution >= 0.6 is 0 Å². The van der Waals surface area contributed by atoms with Crippen molar-refractivity contribution in [3.05, 3.63) is 36.0 Å². The molecule has 3 aliphatic heterocycles. The van der Waals surface area contributed by atoms with Crippen LogP contribution in [0.4, 0.5) is 0 Å². The van der Waals surface area contributed by atoms with Gasteiger partial charge in [0, 0.05) is 12.0 Å². The maximum Gasteiger partial charge on any atom is 0.330 e. The number of hydrogen-bond acceptors (Lipinski definition) is 9. The average Bonchev–Trinajstić information content (AvgIpc) is 3.52. The second-order valence-corrected chi connectivity index (χ2v) is 12.0. The Morgan fingerprint density at radius 1 is 1.07 bits per heavy atom. The number of Topliss-reactive ketones (excluding diaryl/α,β-unsaturated/α-hetero) is 1. The summed E-state index contributed by atoms with van der Waals surface area (Å²) in [6, 6.07) is 0. The lowest BCUT2D eigenvalue weighted by molar-refractivity contribution is -0.337. The fourth-order valence-corrected chi connectivity index (χ4v) is 7.83. The first kappa shape index (κ1) is 30.6. The number of methoxy groups -OCH3 is 1. The Balaban J connectivity index is 1.60. The minimum atomic E-state index is -2.24. The van der Waals surface area contributed by atoms with Gasteiger partial charge in [0.25, 0.3) is 0 Å². The Labute approximate surface area is 246 Å². The molecular formula is C32H42O10. The van der Waals surface area contributed by atoms with Gasteiger partial charge in [0.2, 0.25) is 5.79 Å². The van der Waals surface area contributed by atoms with E-state index in [1.54, 1.807) is 0 Å². The number of carboxylic acids is 1. The molecule has 7 atom stereocenters. The molecule has 5 rings (SSSR count). The molecule has 1 unspecified atom stereocenters. The molecule has 4 fully saturated rings. The number of ether oxygens (including phenoxy) is 5. The Kier molecular flexibility index (Phi) is 8.79. The topological polar surface area (TPSA) is 135 Å². The lowest BCUT2D eigenvalue weighted by Crippen LogP contribution is -2.64. The van der Waals surface area contributed by atoms with Crippen LogP contribution in [0.2, 0.25) is 0 Å². The van der Waals surface area contributed by atoms with E-state index in [1.807, 2.05) is 38.2 Å². The van der Waals surface area contributed by atoms with E-state index in [0.29, 0.717) is 38.9 Å². The smallest absolute Gasteiger partial charge is 0.330 e. The molecule has 10 nitrogen and oxygen atoms in total. The molecule has 0 aromatic heterocycles. The van der Waals surface area contributed by atoms with Crippen LogP contribution in [-0.2, 0) is 42.9 Å². The zero-order chi connectivity index (χ0) is 30.1. The number of carboxylic acid groups (broad SMARTS) is 1. The minimum absolute atomic E-state index is 0.124. The molecule has 230 valence electrons. The number of rotatable bonds is 12. The molecule has 0 aromatic rings. The lowest BCUT2D eigenvalue weighted by Gasteiger charge is -2.54. The zero-order valence-corrected chi connectivity index (χ0v) is 24.7. The molecule has 1 saturated carbocycles. The van der Waals surface area contributed by atoms with Gasteiger partial charge in [-0.25, -0.2) is 0 Å². The van der Waals surface area contributed by atoms with Crippen LogP contribution in [0.25, 0.3) is 0 Å². The van der Waals surface area contributed by atoms with Crippen molar-refractivity contribution in [2.24, 2.45) is 29.1 Å². The van der Waals surface area contributed by atoms with Crippen LogP contribution in [0.3, 0.4) is 0 Å². The van der Waals surface area contributed by atoms with E-state index in [4.69, 9.17) is 23.7 Å². The highest BCUT2D eigenvalue weighted by molar-refractivity contribution is 6.11. The van der Waals surface area contributed by atoms with Crippen molar-refractivity contribution in [1.82, 2.24) is 0 Å². The van der Waals surface area contributed by atoms with Gasteiger partial charge in [-0.15, -0.1) is 0 Å². The third kappa shape index (κ3) is 4.75. The van der Waals surface area contributed by atoms with E-state index in [2.05, 4.69) is 6.08 Å². The van der Waals surface area contributed by atoms with Crippen LogP contribution in [0.1, 0.15) is 71.6 Å². The minimum Gasteiger partial charge on any atom is -0.480 e. The number of ketones is 1. The summed E-state index contributed by atoms with van der Waals surface area (Å²) in [6.07, 6.45) is 14.6. The van der Waals surface area contributed by atoms with Gasteiger partial charge in [-0.3, -0.25) is 19.2 Å². The Morgan fingerprint density at radius 2 is 1.79 bits per heavy atom. The summed E-state index contributed by atoms with van der Waals surface area (Å²) < 4.78 is 30.0. The predicted octanol–water partition coefficient (Wildman–Crippen LogP) is 4.28. The van der Waals surface area contributed by atoms with Gasteiger partial charge in [-0.1, -0.05) is 43.2 Å². The largest absolute Gasteiger partial charge is 0.480 e. The van der Waals surface area contributed by atoms with Crippen molar-refractivity contribution in [2.45, 2.75) is 89.3 Å². The average molecular weight is 587 g/mol. The van der Waals surface area contributed by atoms with Gasteiger partial charge in [-0.05, 0) is 64.2 Å². The number of allylic oxidation sites excluding steroid dienone is 5. The summed E-state index contributed by atoms with van der Waals surface area (Å²) in [5, 5.41) is 10.6.